The second-order valence-corrected chi connectivity index (χ2v) is 11.0. The zero-order valence-corrected chi connectivity index (χ0v) is 22.5. The predicted octanol–water partition coefficient (Wildman–Crippen LogP) is 6.07. The Hall–Kier alpha value is -1.44. The van der Waals surface area contributed by atoms with Crippen molar-refractivity contribution in [3.05, 3.63) is 60.7 Å². The first-order chi connectivity index (χ1) is 15.9. The van der Waals surface area contributed by atoms with E-state index >= 15 is 0 Å². The molecule has 1 aromatic heterocycles. The number of aryl methyl sites for hydroxylation is 2. The number of amides is 1. The molecule has 0 saturated carbocycles. The van der Waals surface area contributed by atoms with E-state index < -0.39 is 0 Å². The highest BCUT2D eigenvalue weighted by molar-refractivity contribution is 9.10. The average molecular weight is 599 g/mol. The molecule has 0 bridgehead atoms. The van der Waals surface area contributed by atoms with Crippen molar-refractivity contribution in [1.82, 2.24) is 9.88 Å². The molecule has 1 amide bonds. The van der Waals surface area contributed by atoms with Gasteiger partial charge in [-0.2, -0.15) is 0 Å². The summed E-state index contributed by atoms with van der Waals surface area (Å²) in [6.45, 7) is 1.45. The summed E-state index contributed by atoms with van der Waals surface area (Å²) in [5.41, 5.74) is 4.98. The van der Waals surface area contributed by atoms with Crippen molar-refractivity contribution < 1.29 is 14.3 Å². The first-order valence-corrected chi connectivity index (χ1v) is 13.3. The number of carbonyl (C=O) groups excluding carboxylic acids is 2. The van der Waals surface area contributed by atoms with Crippen LogP contribution in [0.25, 0.3) is 0 Å². The van der Waals surface area contributed by atoms with E-state index in [2.05, 4.69) is 48.7 Å². The van der Waals surface area contributed by atoms with Crippen molar-refractivity contribution in [1.29, 1.82) is 0 Å². The minimum atomic E-state index is -0.267. The number of aromatic nitrogens is 1. The number of rotatable bonds is 5. The first kappa shape index (κ1) is 24.7. The number of carbonyl (C=O) groups is 2. The van der Waals surface area contributed by atoms with Crippen LogP contribution in [0.4, 0.5) is 0 Å². The maximum Gasteiger partial charge on any atom is 0.305 e. The lowest BCUT2D eigenvalue weighted by Gasteiger charge is -2.37. The quantitative estimate of drug-likeness (QED) is 0.392. The summed E-state index contributed by atoms with van der Waals surface area (Å²) in [6, 6.07) is 6.27. The Labute approximate surface area is 216 Å². The molecule has 0 N–H and O–H groups in total. The zero-order chi connectivity index (χ0) is 23.5. The topological polar surface area (TPSA) is 59.5 Å². The molecule has 1 aliphatic heterocycles. The van der Waals surface area contributed by atoms with Gasteiger partial charge in [0.05, 0.1) is 12.8 Å². The van der Waals surface area contributed by atoms with E-state index in [9.17, 15) is 9.59 Å². The first-order valence-electron chi connectivity index (χ1n) is 11.3. The van der Waals surface area contributed by atoms with Crippen molar-refractivity contribution in [3.8, 4) is 0 Å². The third-order valence-corrected chi connectivity index (χ3v) is 8.09. The van der Waals surface area contributed by atoms with Crippen LogP contribution in [-0.4, -0.2) is 42.0 Å². The number of methoxy groups -OCH3 is 1. The van der Waals surface area contributed by atoms with Gasteiger partial charge in [0.15, 0.2) is 0 Å². The lowest BCUT2D eigenvalue weighted by molar-refractivity contribution is -0.141. The van der Waals surface area contributed by atoms with Crippen LogP contribution >= 0.6 is 43.5 Å². The molecule has 33 heavy (non-hydrogen) atoms. The fraction of sp³-hybridized carbons (Fsp3) is 0.480. The Morgan fingerprint density at radius 1 is 1.12 bits per heavy atom. The molecule has 4 rings (SSSR count). The molecular formula is C25H27Br2ClN2O3. The van der Waals surface area contributed by atoms with Crippen molar-refractivity contribution in [2.45, 2.75) is 50.9 Å². The molecule has 0 unspecified atom stereocenters. The number of ether oxygens (including phenoxy) is 1. The molecule has 8 heteroatoms. The summed E-state index contributed by atoms with van der Waals surface area (Å²) in [4.78, 5) is 30.8. The fourth-order valence-corrected chi connectivity index (χ4v) is 6.66. The van der Waals surface area contributed by atoms with Crippen LogP contribution in [0.5, 0.6) is 0 Å². The number of halogens is 3. The van der Waals surface area contributed by atoms with E-state index in [0.717, 1.165) is 58.4 Å². The maximum atomic E-state index is 12.7. The molecule has 1 atom stereocenters. The van der Waals surface area contributed by atoms with Crippen LogP contribution in [-0.2, 0) is 27.2 Å². The van der Waals surface area contributed by atoms with E-state index in [-0.39, 0.29) is 24.2 Å². The minimum absolute atomic E-state index is 0.119. The number of hydrogen-bond donors (Lipinski definition) is 0. The van der Waals surface area contributed by atoms with E-state index in [4.69, 9.17) is 16.6 Å². The van der Waals surface area contributed by atoms with E-state index in [1.165, 1.54) is 23.8 Å². The van der Waals surface area contributed by atoms with Crippen molar-refractivity contribution in [2.75, 3.05) is 20.2 Å². The monoisotopic (exact) mass is 596 g/mol. The van der Waals surface area contributed by atoms with Crippen molar-refractivity contribution >= 4 is 55.3 Å². The third kappa shape index (κ3) is 5.63. The molecule has 0 spiro atoms. The summed E-state index contributed by atoms with van der Waals surface area (Å²) >= 11 is 13.8. The normalized spacial score (nSPS) is 18.3. The molecule has 5 nitrogen and oxygen atoms in total. The Morgan fingerprint density at radius 2 is 1.85 bits per heavy atom. The van der Waals surface area contributed by atoms with Gasteiger partial charge in [-0.15, -0.1) is 0 Å². The highest BCUT2D eigenvalue weighted by atomic mass is 79.9. The number of fused-ring (bicyclic) bond motifs is 2. The SMILES string of the molecule is COC(=O)CCCC(=O)N1CCC([C@H]2c3ncc(Br)cc3CCc3cc(Cl)cc(Br)c32)CC1. The van der Waals surface area contributed by atoms with Crippen molar-refractivity contribution in [3.63, 3.8) is 0 Å². The summed E-state index contributed by atoms with van der Waals surface area (Å²) in [5, 5.41) is 0.742. The van der Waals surface area contributed by atoms with Gasteiger partial charge in [-0.3, -0.25) is 14.6 Å². The number of nitrogens with zero attached hydrogens (tertiary/aromatic N) is 2. The van der Waals surface area contributed by atoms with Crippen LogP contribution in [0, 0.1) is 5.92 Å². The number of likely N-dealkylation sites (tertiary alicyclic amines) is 1. The van der Waals surface area contributed by atoms with Gasteiger partial charge in [-0.1, -0.05) is 27.5 Å². The largest absolute Gasteiger partial charge is 0.469 e. The Kier molecular flexibility index (Phi) is 8.13. The van der Waals surface area contributed by atoms with Gasteiger partial charge in [-0.05, 0) is 88.8 Å². The maximum absolute atomic E-state index is 12.7. The van der Waals surface area contributed by atoms with Gasteiger partial charge >= 0.3 is 5.97 Å². The second-order valence-electron chi connectivity index (χ2n) is 8.78. The van der Waals surface area contributed by atoms with Gasteiger partial charge in [0.2, 0.25) is 5.91 Å². The van der Waals surface area contributed by atoms with Gasteiger partial charge < -0.3 is 9.64 Å². The van der Waals surface area contributed by atoms with Crippen LogP contribution in [0.1, 0.15) is 60.4 Å². The van der Waals surface area contributed by atoms with Gasteiger partial charge in [0.25, 0.3) is 0 Å². The second kappa shape index (κ2) is 10.9. The number of pyridine rings is 1. The Bertz CT molecular complexity index is 1050. The lowest BCUT2D eigenvalue weighted by atomic mass is 9.76. The molecule has 1 aromatic carbocycles. The van der Waals surface area contributed by atoms with E-state index in [1.807, 2.05) is 17.2 Å². The van der Waals surface area contributed by atoms with Crippen LogP contribution in [0.3, 0.4) is 0 Å². The summed E-state index contributed by atoms with van der Waals surface area (Å²) in [7, 11) is 1.37. The lowest BCUT2D eigenvalue weighted by Crippen LogP contribution is -2.40. The molecule has 2 aliphatic rings. The molecule has 2 aromatic rings. The molecular weight excluding hydrogens is 572 g/mol. The standard InChI is InChI=1S/C25H27Br2ClN2O3/c1-33-22(32)4-2-3-21(31)30-9-7-15(8-10-30)24-23-16(12-19(28)13-20(23)27)5-6-17-11-18(26)14-29-25(17)24/h11-15,24H,2-10H2,1H3/t24-/m1/s1. The molecule has 1 fully saturated rings. The van der Waals surface area contributed by atoms with Crippen LogP contribution < -0.4 is 0 Å². The van der Waals surface area contributed by atoms with Crippen LogP contribution in [0.2, 0.25) is 5.02 Å². The zero-order valence-electron chi connectivity index (χ0n) is 18.6. The predicted molar refractivity (Wildman–Crippen MR) is 136 cm³/mol. The van der Waals surface area contributed by atoms with Crippen molar-refractivity contribution in [2.24, 2.45) is 5.92 Å². The van der Waals surface area contributed by atoms with Gasteiger partial charge in [0.1, 0.15) is 0 Å². The smallest absolute Gasteiger partial charge is 0.305 e. The Balaban J connectivity index is 1.54. The average Bonchev–Trinajstić information content (AvgIpc) is 2.95. The summed E-state index contributed by atoms with van der Waals surface area (Å²) in [6.07, 6.45) is 6.77. The third-order valence-electron chi connectivity index (χ3n) is 6.78. The minimum Gasteiger partial charge on any atom is -0.469 e. The van der Waals surface area contributed by atoms with E-state index in [0.29, 0.717) is 18.8 Å². The summed E-state index contributed by atoms with van der Waals surface area (Å²) in [5.74, 6) is 0.394. The van der Waals surface area contributed by atoms with E-state index in [1.54, 1.807) is 0 Å². The highest BCUT2D eigenvalue weighted by Gasteiger charge is 2.36. The molecule has 2 heterocycles. The fourth-order valence-electron chi connectivity index (χ4n) is 5.16. The molecule has 1 saturated heterocycles. The number of benzene rings is 1. The van der Waals surface area contributed by atoms with Crippen LogP contribution in [0.15, 0.2) is 33.3 Å². The Morgan fingerprint density at radius 3 is 2.58 bits per heavy atom. The highest BCUT2D eigenvalue weighted by Crippen LogP contribution is 2.46. The number of hydrogen-bond acceptors (Lipinski definition) is 4. The van der Waals surface area contributed by atoms with Gasteiger partial charge in [-0.25, -0.2) is 0 Å². The molecule has 0 radical (unpaired) electrons. The van der Waals surface area contributed by atoms with Gasteiger partial charge in [0, 0.05) is 52.0 Å². The molecule has 1 aliphatic carbocycles. The number of piperidine rings is 1. The summed E-state index contributed by atoms with van der Waals surface area (Å²) < 4.78 is 6.70. The number of esters is 1. The molecule has 176 valence electrons.